The van der Waals surface area contributed by atoms with E-state index < -0.39 is 35.0 Å². The van der Waals surface area contributed by atoms with Crippen LogP contribution in [0.4, 0.5) is 42.2 Å². The van der Waals surface area contributed by atoms with E-state index in [4.69, 9.17) is 9.15 Å². The number of hydrogen-bond acceptors (Lipinski definition) is 6. The molecule has 39 heavy (non-hydrogen) atoms. The first-order valence-corrected chi connectivity index (χ1v) is 11.1. The lowest BCUT2D eigenvalue weighted by Crippen LogP contribution is -2.12. The van der Waals surface area contributed by atoms with Gasteiger partial charge in [-0.25, -0.2) is 4.39 Å². The Bertz CT molecular complexity index is 1600. The van der Waals surface area contributed by atoms with Crippen LogP contribution in [-0.2, 0) is 19.0 Å². The van der Waals surface area contributed by atoms with Crippen LogP contribution in [0.3, 0.4) is 0 Å². The number of ether oxygens (including phenoxy) is 1. The zero-order valence-electron chi connectivity index (χ0n) is 19.4. The monoisotopic (exact) mass is 548 g/mol. The van der Waals surface area contributed by atoms with E-state index in [2.05, 4.69) is 20.3 Å². The van der Waals surface area contributed by atoms with Crippen LogP contribution in [0.25, 0.3) is 22.8 Å². The van der Waals surface area contributed by atoms with Gasteiger partial charge in [-0.3, -0.25) is 0 Å². The summed E-state index contributed by atoms with van der Waals surface area (Å²) in [5.41, 5.74) is -2.95. The lowest BCUT2D eigenvalue weighted by atomic mass is 10.1. The van der Waals surface area contributed by atoms with Crippen LogP contribution >= 0.6 is 0 Å². The molecule has 5 rings (SSSR count). The van der Waals surface area contributed by atoms with Gasteiger partial charge in [-0.2, -0.15) is 41.3 Å². The Hall–Kier alpha value is -4.68. The number of fused-ring (bicyclic) bond motifs is 1. The molecular formula is C26H15F7N4O2. The number of halogens is 7. The van der Waals surface area contributed by atoms with Crippen LogP contribution in [0.5, 0.6) is 5.88 Å². The molecule has 0 amide bonds. The van der Waals surface area contributed by atoms with Crippen molar-refractivity contribution in [3.05, 3.63) is 95.3 Å². The number of aromatic nitrogens is 3. The molecule has 0 aliphatic heterocycles. The molecule has 0 fully saturated rings. The highest BCUT2D eigenvalue weighted by Crippen LogP contribution is 2.39. The van der Waals surface area contributed by atoms with Crippen molar-refractivity contribution >= 4 is 22.9 Å². The van der Waals surface area contributed by atoms with Crippen molar-refractivity contribution in [3.63, 3.8) is 0 Å². The second-order valence-corrected chi connectivity index (χ2v) is 8.23. The highest BCUT2D eigenvalue weighted by molar-refractivity contribution is 5.74. The maximum atomic E-state index is 13.7. The first-order valence-electron chi connectivity index (χ1n) is 11.1. The number of anilines is 2. The Morgan fingerprint density at radius 3 is 2.10 bits per heavy atom. The summed E-state index contributed by atoms with van der Waals surface area (Å²) >= 11 is 0. The minimum atomic E-state index is -5.05. The highest BCUT2D eigenvalue weighted by atomic mass is 19.4. The number of hydrogen-bond donors (Lipinski definition) is 1. The van der Waals surface area contributed by atoms with E-state index in [1.165, 1.54) is 18.2 Å². The van der Waals surface area contributed by atoms with Crippen LogP contribution < -0.4 is 10.1 Å². The minimum absolute atomic E-state index is 0.00852. The number of oxazole rings is 1. The fourth-order valence-corrected chi connectivity index (χ4v) is 3.56. The number of nitrogens with one attached hydrogen (secondary N) is 1. The van der Waals surface area contributed by atoms with Gasteiger partial charge in [-0.1, -0.05) is 36.4 Å². The molecule has 0 aliphatic rings. The van der Waals surface area contributed by atoms with Gasteiger partial charge < -0.3 is 14.5 Å². The van der Waals surface area contributed by atoms with Crippen molar-refractivity contribution in [2.45, 2.75) is 19.0 Å². The summed E-state index contributed by atoms with van der Waals surface area (Å²) in [6.45, 7) is -0.0549. The van der Waals surface area contributed by atoms with Gasteiger partial charge in [0.1, 0.15) is 12.4 Å². The van der Waals surface area contributed by atoms with Gasteiger partial charge in [0.05, 0.1) is 11.1 Å². The van der Waals surface area contributed by atoms with Gasteiger partial charge >= 0.3 is 12.4 Å². The molecule has 1 N–H and O–H groups in total. The maximum absolute atomic E-state index is 13.7. The second kappa shape index (κ2) is 9.89. The molecule has 0 unspecified atom stereocenters. The van der Waals surface area contributed by atoms with Crippen molar-refractivity contribution in [1.82, 2.24) is 15.0 Å². The quantitative estimate of drug-likeness (QED) is 0.219. The van der Waals surface area contributed by atoms with E-state index in [9.17, 15) is 30.7 Å². The Labute approximate surface area is 215 Å². The predicted molar refractivity (Wildman–Crippen MR) is 125 cm³/mol. The van der Waals surface area contributed by atoms with Crippen LogP contribution in [0, 0.1) is 5.82 Å². The molecular weight excluding hydrogens is 533 g/mol. The van der Waals surface area contributed by atoms with E-state index in [0.717, 1.165) is 6.07 Å². The summed E-state index contributed by atoms with van der Waals surface area (Å²) in [5, 5.41) is 2.44. The molecule has 0 spiro atoms. The lowest BCUT2D eigenvalue weighted by molar-refractivity contribution is -0.143. The molecule has 0 saturated heterocycles. The summed E-state index contributed by atoms with van der Waals surface area (Å²) in [6, 6.07) is 15.1. The third-order valence-electron chi connectivity index (χ3n) is 5.36. The Kier molecular flexibility index (Phi) is 6.58. The van der Waals surface area contributed by atoms with Gasteiger partial charge in [0.25, 0.3) is 11.6 Å². The topological polar surface area (TPSA) is 73.1 Å². The number of alkyl halides is 6. The molecule has 2 aromatic heterocycles. The third kappa shape index (κ3) is 5.92. The molecule has 5 aromatic rings. The summed E-state index contributed by atoms with van der Waals surface area (Å²) in [7, 11) is 0. The summed E-state index contributed by atoms with van der Waals surface area (Å²) in [5.74, 6) is -1.21. The van der Waals surface area contributed by atoms with Crippen molar-refractivity contribution in [3.8, 4) is 17.3 Å². The molecule has 2 heterocycles. The van der Waals surface area contributed by atoms with Gasteiger partial charge in [0, 0.05) is 11.3 Å². The lowest BCUT2D eigenvalue weighted by Gasteiger charge is -2.16. The van der Waals surface area contributed by atoms with Gasteiger partial charge in [0.2, 0.25) is 11.5 Å². The summed E-state index contributed by atoms with van der Waals surface area (Å²) in [4.78, 5) is 12.5. The third-order valence-corrected chi connectivity index (χ3v) is 5.36. The molecule has 0 atom stereocenters. The van der Waals surface area contributed by atoms with Crippen molar-refractivity contribution < 1.29 is 39.9 Å². The summed E-state index contributed by atoms with van der Waals surface area (Å²) < 4.78 is 105. The van der Waals surface area contributed by atoms with Crippen LogP contribution in [-0.4, -0.2) is 15.0 Å². The van der Waals surface area contributed by atoms with Gasteiger partial charge in [-0.05, 0) is 42.0 Å². The van der Waals surface area contributed by atoms with E-state index >= 15 is 0 Å². The number of benzene rings is 3. The fourth-order valence-electron chi connectivity index (χ4n) is 3.56. The molecule has 0 aliphatic carbocycles. The van der Waals surface area contributed by atoms with E-state index in [1.807, 2.05) is 0 Å². The molecule has 200 valence electrons. The molecule has 6 nitrogen and oxygen atoms in total. The standard InChI is InChI=1S/C26H15F7N4O2/c27-18-8-4-7-15(9-18)22-35-21-24(39-22)37-20(23(36-21)38-13-14-5-2-1-3-6-14)34-19-11-16(25(28,29)30)10-17(12-19)26(31,32)33/h1-12H,13H2,(H,34,37). The Balaban J connectivity index is 1.59. The van der Waals surface area contributed by atoms with Crippen molar-refractivity contribution in [1.29, 1.82) is 0 Å². The van der Waals surface area contributed by atoms with E-state index in [0.29, 0.717) is 17.7 Å². The van der Waals surface area contributed by atoms with Crippen LogP contribution in [0.15, 0.2) is 77.2 Å². The number of rotatable bonds is 6. The first-order chi connectivity index (χ1) is 18.5. The van der Waals surface area contributed by atoms with Crippen LogP contribution in [0.2, 0.25) is 0 Å². The molecule has 0 bridgehead atoms. The first kappa shape index (κ1) is 25.9. The maximum Gasteiger partial charge on any atom is 0.416 e. The SMILES string of the molecule is Fc1cccc(-c2nc3nc(OCc4ccccc4)c(Nc4cc(C(F)(F)F)cc(C(F)(F)F)c4)nc3o2)c1. The summed E-state index contributed by atoms with van der Waals surface area (Å²) in [6.07, 6.45) is -10.1. The Morgan fingerprint density at radius 1 is 0.769 bits per heavy atom. The largest absolute Gasteiger partial charge is 0.470 e. The zero-order chi connectivity index (χ0) is 27.8. The van der Waals surface area contributed by atoms with Crippen LogP contribution in [0.1, 0.15) is 16.7 Å². The van der Waals surface area contributed by atoms with Gasteiger partial charge in [0.15, 0.2) is 5.82 Å². The highest BCUT2D eigenvalue weighted by Gasteiger charge is 2.37. The predicted octanol–water partition coefficient (Wildman–Crippen LogP) is 7.78. The van der Waals surface area contributed by atoms with Crippen molar-refractivity contribution in [2.75, 3.05) is 5.32 Å². The van der Waals surface area contributed by atoms with E-state index in [1.54, 1.807) is 30.3 Å². The molecule has 13 heteroatoms. The minimum Gasteiger partial charge on any atom is -0.470 e. The number of nitrogens with zero attached hydrogens (tertiary/aromatic N) is 3. The normalized spacial score (nSPS) is 12.1. The zero-order valence-corrected chi connectivity index (χ0v) is 19.4. The average Bonchev–Trinajstić information content (AvgIpc) is 3.30. The molecule has 3 aromatic carbocycles. The second-order valence-electron chi connectivity index (χ2n) is 8.23. The van der Waals surface area contributed by atoms with Crippen molar-refractivity contribution in [2.24, 2.45) is 0 Å². The smallest absolute Gasteiger partial charge is 0.416 e. The van der Waals surface area contributed by atoms with Gasteiger partial charge in [-0.15, -0.1) is 0 Å². The average molecular weight is 548 g/mol. The van der Waals surface area contributed by atoms with E-state index in [-0.39, 0.29) is 47.2 Å². The fraction of sp³-hybridized carbons (Fsp3) is 0.115. The molecule has 0 saturated carbocycles. The Morgan fingerprint density at radius 2 is 1.46 bits per heavy atom. The molecule has 0 radical (unpaired) electrons.